The van der Waals surface area contributed by atoms with E-state index in [2.05, 4.69) is 20.6 Å². The number of aromatic nitrogens is 2. The van der Waals surface area contributed by atoms with Gasteiger partial charge in [-0.3, -0.25) is 4.79 Å². The molecule has 45 heavy (non-hydrogen) atoms. The second-order valence-corrected chi connectivity index (χ2v) is 12.3. The molecule has 0 spiro atoms. The minimum atomic E-state index is -4.79. The van der Waals surface area contributed by atoms with Crippen LogP contribution < -0.4 is 20.4 Å². The van der Waals surface area contributed by atoms with Gasteiger partial charge in [0.1, 0.15) is 23.3 Å². The van der Waals surface area contributed by atoms with Gasteiger partial charge >= 0.3 is 18.4 Å². The Morgan fingerprint density at radius 2 is 1.51 bits per heavy atom. The molecule has 4 rings (SSSR count). The molecular weight excluding hydrogens is 606 g/mol. The van der Waals surface area contributed by atoms with Crippen molar-refractivity contribution in [2.24, 2.45) is 5.92 Å². The van der Waals surface area contributed by atoms with Crippen molar-refractivity contribution in [2.45, 2.75) is 76.9 Å². The van der Waals surface area contributed by atoms with E-state index in [0.717, 1.165) is 12.1 Å². The van der Waals surface area contributed by atoms with Crippen LogP contribution in [0.2, 0.25) is 0 Å². The van der Waals surface area contributed by atoms with Crippen molar-refractivity contribution >= 4 is 23.6 Å². The van der Waals surface area contributed by atoms with Crippen molar-refractivity contribution in [3.63, 3.8) is 0 Å². The third kappa shape index (κ3) is 9.60. The van der Waals surface area contributed by atoms with E-state index in [1.54, 1.807) is 25.7 Å². The molecule has 2 aromatic rings. The molecule has 1 aromatic heterocycles. The van der Waals surface area contributed by atoms with Crippen LogP contribution in [0.4, 0.5) is 42.8 Å². The molecule has 1 atom stereocenters. The van der Waals surface area contributed by atoms with Gasteiger partial charge < -0.3 is 25.2 Å². The van der Waals surface area contributed by atoms with E-state index in [0.29, 0.717) is 63.8 Å². The number of nitrogens with one attached hydrogen (secondary N) is 2. The second-order valence-electron chi connectivity index (χ2n) is 12.3. The number of alkyl carbamates (subject to hydrolysis) is 1. The highest BCUT2D eigenvalue weighted by atomic mass is 19.4. The molecule has 248 valence electrons. The van der Waals surface area contributed by atoms with E-state index >= 15 is 0 Å². The number of rotatable bonds is 9. The van der Waals surface area contributed by atoms with E-state index in [-0.39, 0.29) is 24.1 Å². The molecule has 2 aliphatic rings. The quantitative estimate of drug-likeness (QED) is 0.344. The van der Waals surface area contributed by atoms with Gasteiger partial charge in [0.05, 0.1) is 5.56 Å². The lowest BCUT2D eigenvalue weighted by molar-refractivity contribution is -0.144. The maximum Gasteiger partial charge on any atom is 0.451 e. The van der Waals surface area contributed by atoms with Gasteiger partial charge in [0.15, 0.2) is 0 Å². The van der Waals surface area contributed by atoms with Gasteiger partial charge in [0.25, 0.3) is 0 Å². The number of alkyl halides is 6. The first-order valence-corrected chi connectivity index (χ1v) is 14.9. The molecule has 1 aromatic carbocycles. The van der Waals surface area contributed by atoms with Gasteiger partial charge in [-0.1, -0.05) is 12.1 Å². The minimum Gasteiger partial charge on any atom is -0.444 e. The van der Waals surface area contributed by atoms with Gasteiger partial charge in [0.2, 0.25) is 11.7 Å². The summed E-state index contributed by atoms with van der Waals surface area (Å²) in [6.45, 7) is 7.18. The molecule has 2 fully saturated rings. The van der Waals surface area contributed by atoms with Crippen LogP contribution in [-0.4, -0.2) is 66.3 Å². The van der Waals surface area contributed by atoms with Crippen molar-refractivity contribution in [2.75, 3.05) is 42.5 Å². The molecule has 3 heterocycles. The molecule has 9 nitrogen and oxygen atoms in total. The van der Waals surface area contributed by atoms with Crippen LogP contribution in [0.1, 0.15) is 63.4 Å². The number of nitrogens with zero attached hydrogens (tertiary/aromatic N) is 4. The van der Waals surface area contributed by atoms with E-state index in [1.807, 2.05) is 0 Å². The fourth-order valence-electron chi connectivity index (χ4n) is 5.24. The number of carbonyl (C=O) groups is 2. The number of piperidine rings is 1. The number of ether oxygens (including phenoxy) is 1. The number of benzene rings is 1. The van der Waals surface area contributed by atoms with E-state index in [9.17, 15) is 35.9 Å². The molecule has 0 unspecified atom stereocenters. The van der Waals surface area contributed by atoms with Crippen LogP contribution in [0.5, 0.6) is 0 Å². The maximum atomic E-state index is 13.8. The summed E-state index contributed by atoms with van der Waals surface area (Å²) in [4.78, 5) is 35.6. The monoisotopic (exact) mass is 644 g/mol. The van der Waals surface area contributed by atoms with Crippen LogP contribution in [0, 0.1) is 5.92 Å². The Bertz CT molecular complexity index is 1320. The van der Waals surface area contributed by atoms with Crippen molar-refractivity contribution < 1.29 is 40.7 Å². The molecule has 0 bridgehead atoms. The molecule has 2 amide bonds. The minimum absolute atomic E-state index is 0.00477. The summed E-state index contributed by atoms with van der Waals surface area (Å²) < 4.78 is 84.9. The number of carbonyl (C=O) groups excluding carboxylic acids is 2. The molecule has 0 radical (unpaired) electrons. The Morgan fingerprint density at radius 1 is 0.867 bits per heavy atom. The predicted molar refractivity (Wildman–Crippen MR) is 155 cm³/mol. The zero-order valence-electron chi connectivity index (χ0n) is 25.4. The van der Waals surface area contributed by atoms with Crippen LogP contribution in [-0.2, 0) is 28.3 Å². The fourth-order valence-corrected chi connectivity index (χ4v) is 5.24. The molecule has 2 saturated heterocycles. The second kappa shape index (κ2) is 13.7. The van der Waals surface area contributed by atoms with Crippen molar-refractivity contribution in [3.05, 3.63) is 47.3 Å². The van der Waals surface area contributed by atoms with Gasteiger partial charge in [-0.15, -0.1) is 0 Å². The fraction of sp³-hybridized carbons (Fsp3) is 0.600. The standard InChI is InChI=1S/C30H38F6N6O3/c1-28(2,3)45-27(44)38-14-9-20-10-15-41(16-11-20)23-18-24(40-26(39-23)30(34,35)36)42-17-12-22(42)25(43)37-13-8-19-4-6-21(7-5-19)29(31,32)33/h4-7,18,20,22H,8-17H2,1-3H3,(H,37,43)(H,38,44)/t22-/m0/s1. The van der Waals surface area contributed by atoms with Crippen LogP contribution in [0.3, 0.4) is 0 Å². The van der Waals surface area contributed by atoms with Crippen molar-refractivity contribution in [1.29, 1.82) is 0 Å². The molecule has 15 heteroatoms. The van der Waals surface area contributed by atoms with Crippen LogP contribution in [0.15, 0.2) is 30.3 Å². The number of amides is 2. The van der Waals surface area contributed by atoms with Gasteiger partial charge in [0, 0.05) is 38.8 Å². The number of hydrogen-bond donors (Lipinski definition) is 2. The van der Waals surface area contributed by atoms with Gasteiger partial charge in [-0.25, -0.2) is 14.8 Å². The summed E-state index contributed by atoms with van der Waals surface area (Å²) >= 11 is 0. The molecular formula is C30H38F6N6O3. The van der Waals surface area contributed by atoms with E-state index in [4.69, 9.17) is 4.74 Å². The summed E-state index contributed by atoms with van der Waals surface area (Å²) in [5, 5.41) is 5.46. The lowest BCUT2D eigenvalue weighted by atomic mass is 9.93. The first kappa shape index (κ1) is 34.1. The van der Waals surface area contributed by atoms with Crippen LogP contribution in [0.25, 0.3) is 0 Å². The average molecular weight is 645 g/mol. The lowest BCUT2D eigenvalue weighted by Crippen LogP contribution is -2.57. The summed E-state index contributed by atoms with van der Waals surface area (Å²) in [6, 6.07) is 5.38. The number of anilines is 2. The summed E-state index contributed by atoms with van der Waals surface area (Å²) in [6.07, 6.45) is -6.92. The highest BCUT2D eigenvalue weighted by molar-refractivity contribution is 5.86. The van der Waals surface area contributed by atoms with Gasteiger partial charge in [-0.2, -0.15) is 26.3 Å². The number of halogens is 6. The Morgan fingerprint density at radius 3 is 2.07 bits per heavy atom. The summed E-state index contributed by atoms with van der Waals surface area (Å²) in [7, 11) is 0. The van der Waals surface area contributed by atoms with Gasteiger partial charge in [-0.05, 0) is 76.5 Å². The summed E-state index contributed by atoms with van der Waals surface area (Å²) in [5.74, 6) is -1.28. The first-order chi connectivity index (χ1) is 21.0. The molecule has 2 aliphatic heterocycles. The summed E-state index contributed by atoms with van der Waals surface area (Å²) in [5.41, 5.74) is -0.758. The highest BCUT2D eigenvalue weighted by Gasteiger charge is 2.40. The topological polar surface area (TPSA) is 99.7 Å². The van der Waals surface area contributed by atoms with Crippen molar-refractivity contribution in [1.82, 2.24) is 20.6 Å². The third-order valence-electron chi connectivity index (χ3n) is 7.72. The highest BCUT2D eigenvalue weighted by Crippen LogP contribution is 2.35. The zero-order chi connectivity index (χ0) is 33.0. The Labute approximate surface area is 257 Å². The number of hydrogen-bond acceptors (Lipinski definition) is 7. The molecule has 0 aliphatic carbocycles. The Kier molecular flexibility index (Phi) is 10.4. The maximum absolute atomic E-state index is 13.8. The average Bonchev–Trinajstić information content (AvgIpc) is 2.91. The smallest absolute Gasteiger partial charge is 0.444 e. The largest absolute Gasteiger partial charge is 0.451 e. The SMILES string of the molecule is CC(C)(C)OC(=O)NCCC1CCN(c2cc(N3CC[C@H]3C(=O)NCCc3ccc(C(F)(F)F)cc3)nc(C(F)(F)F)n2)CC1. The predicted octanol–water partition coefficient (Wildman–Crippen LogP) is 5.58. The van der Waals surface area contributed by atoms with Crippen LogP contribution >= 0.6 is 0 Å². The molecule has 2 N–H and O–H groups in total. The first-order valence-electron chi connectivity index (χ1n) is 14.9. The Hall–Kier alpha value is -3.78. The third-order valence-corrected chi connectivity index (χ3v) is 7.72. The van der Waals surface area contributed by atoms with E-state index < -0.39 is 47.4 Å². The molecule has 0 saturated carbocycles. The Balaban J connectivity index is 1.33. The van der Waals surface area contributed by atoms with Crippen molar-refractivity contribution in [3.8, 4) is 0 Å². The zero-order valence-corrected chi connectivity index (χ0v) is 25.4. The van der Waals surface area contributed by atoms with E-state index in [1.165, 1.54) is 23.1 Å². The normalized spacial score (nSPS) is 17.9. The lowest BCUT2D eigenvalue weighted by Gasteiger charge is -2.41.